The number of sulfonamides is 1. The van der Waals surface area contributed by atoms with Crippen molar-refractivity contribution in [1.82, 2.24) is 9.97 Å². The Hall–Kier alpha value is -2.97. The van der Waals surface area contributed by atoms with E-state index in [9.17, 15) is 8.42 Å². The van der Waals surface area contributed by atoms with Gasteiger partial charge in [0, 0.05) is 17.3 Å². The molecule has 0 unspecified atom stereocenters. The number of nitrogens with zero attached hydrogens (tertiary/aromatic N) is 2. The largest absolute Gasteiger partial charge is 0.496 e. The van der Waals surface area contributed by atoms with Gasteiger partial charge in [0.1, 0.15) is 17.9 Å². The lowest BCUT2D eigenvalue weighted by atomic mass is 10.1. The maximum absolute atomic E-state index is 11.3. The van der Waals surface area contributed by atoms with Gasteiger partial charge >= 0.3 is 0 Å². The van der Waals surface area contributed by atoms with Crippen molar-refractivity contribution in [2.75, 3.05) is 12.4 Å². The third-order valence-corrected chi connectivity index (χ3v) is 4.35. The molecular weight excluding hydrogens is 352 g/mol. The van der Waals surface area contributed by atoms with Crippen LogP contribution in [0.15, 0.2) is 60.9 Å². The molecule has 0 bridgehead atoms. The number of ether oxygens (including phenoxy) is 1. The van der Waals surface area contributed by atoms with Crippen LogP contribution < -0.4 is 15.2 Å². The zero-order valence-corrected chi connectivity index (χ0v) is 14.9. The molecule has 0 saturated carbocycles. The molecule has 0 amide bonds. The molecule has 3 N–H and O–H groups in total. The highest BCUT2D eigenvalue weighted by molar-refractivity contribution is 7.88. The van der Waals surface area contributed by atoms with Crippen molar-refractivity contribution in [1.29, 1.82) is 0 Å². The smallest absolute Gasteiger partial charge is 0.213 e. The van der Waals surface area contributed by atoms with E-state index in [2.05, 4.69) is 15.3 Å². The van der Waals surface area contributed by atoms with Crippen LogP contribution in [0.4, 0.5) is 11.5 Å². The summed E-state index contributed by atoms with van der Waals surface area (Å²) in [5, 5.41) is 8.25. The number of nitrogens with two attached hydrogens (primary N) is 1. The lowest BCUT2D eigenvalue weighted by Gasteiger charge is -2.10. The highest BCUT2D eigenvalue weighted by Crippen LogP contribution is 2.29. The van der Waals surface area contributed by atoms with E-state index in [-0.39, 0.29) is 5.75 Å². The molecule has 7 nitrogen and oxygen atoms in total. The van der Waals surface area contributed by atoms with Crippen molar-refractivity contribution in [3.8, 4) is 17.0 Å². The summed E-state index contributed by atoms with van der Waals surface area (Å²) >= 11 is 0. The third kappa shape index (κ3) is 4.56. The molecule has 0 spiro atoms. The molecule has 8 heteroatoms. The van der Waals surface area contributed by atoms with Crippen LogP contribution in [0.1, 0.15) is 5.56 Å². The molecule has 26 heavy (non-hydrogen) atoms. The zero-order valence-electron chi connectivity index (χ0n) is 14.1. The molecule has 134 valence electrons. The van der Waals surface area contributed by atoms with E-state index in [0.29, 0.717) is 28.5 Å². The molecule has 0 aliphatic rings. The SMILES string of the molecule is COc1ccccc1-c1cc(Nc2cccc(CS(N)(=O)=O)c2)ncn1. The predicted molar refractivity (Wildman–Crippen MR) is 101 cm³/mol. The maximum Gasteiger partial charge on any atom is 0.213 e. The first-order chi connectivity index (χ1) is 12.4. The molecule has 0 radical (unpaired) electrons. The van der Waals surface area contributed by atoms with Gasteiger partial charge in [-0.3, -0.25) is 0 Å². The molecule has 3 rings (SSSR count). The lowest BCUT2D eigenvalue weighted by molar-refractivity contribution is 0.416. The second-order valence-corrected chi connectivity index (χ2v) is 7.24. The number of nitrogens with one attached hydrogen (secondary N) is 1. The molecular formula is C18H18N4O3S. The van der Waals surface area contributed by atoms with Gasteiger partial charge in [0.15, 0.2) is 0 Å². The standard InChI is InChI=1S/C18H18N4O3S/c1-25-17-8-3-2-7-15(17)16-10-18(21-12-20-16)22-14-6-4-5-13(9-14)11-26(19,23)24/h2-10,12H,11H2,1H3,(H2,19,23,24)(H,20,21,22). The average Bonchev–Trinajstić information content (AvgIpc) is 2.61. The van der Waals surface area contributed by atoms with Gasteiger partial charge in [-0.1, -0.05) is 24.3 Å². The van der Waals surface area contributed by atoms with E-state index in [1.165, 1.54) is 6.33 Å². The summed E-state index contributed by atoms with van der Waals surface area (Å²) in [6.45, 7) is 0. The van der Waals surface area contributed by atoms with Gasteiger partial charge < -0.3 is 10.1 Å². The molecule has 2 aromatic carbocycles. The third-order valence-electron chi connectivity index (χ3n) is 3.62. The highest BCUT2D eigenvalue weighted by atomic mass is 32.2. The maximum atomic E-state index is 11.3. The normalized spacial score (nSPS) is 11.2. The van der Waals surface area contributed by atoms with Gasteiger partial charge in [-0.05, 0) is 29.8 Å². The topological polar surface area (TPSA) is 107 Å². The highest BCUT2D eigenvalue weighted by Gasteiger charge is 2.09. The van der Waals surface area contributed by atoms with Crippen LogP contribution in [0.5, 0.6) is 5.75 Å². The number of rotatable bonds is 6. The first-order valence-electron chi connectivity index (χ1n) is 7.76. The number of hydrogen-bond donors (Lipinski definition) is 2. The first kappa shape index (κ1) is 17.8. The minimum absolute atomic E-state index is 0.223. The second kappa shape index (κ2) is 7.51. The Bertz CT molecular complexity index is 1020. The predicted octanol–water partition coefficient (Wildman–Crippen LogP) is 2.68. The molecule has 0 aliphatic heterocycles. The molecule has 0 aliphatic carbocycles. The fraction of sp³-hybridized carbons (Fsp3) is 0.111. The van der Waals surface area contributed by atoms with Gasteiger partial charge in [-0.25, -0.2) is 23.5 Å². The van der Waals surface area contributed by atoms with Crippen LogP contribution in [-0.2, 0) is 15.8 Å². The molecule has 3 aromatic rings. The fourth-order valence-electron chi connectivity index (χ4n) is 2.55. The fourth-order valence-corrected chi connectivity index (χ4v) is 3.19. The number of primary sulfonamides is 1. The number of benzene rings is 2. The minimum atomic E-state index is -3.58. The molecule has 1 heterocycles. The lowest BCUT2D eigenvalue weighted by Crippen LogP contribution is -2.14. The van der Waals surface area contributed by atoms with Crippen molar-refractivity contribution in [2.24, 2.45) is 5.14 Å². The van der Waals surface area contributed by atoms with Crippen molar-refractivity contribution in [2.45, 2.75) is 5.75 Å². The van der Waals surface area contributed by atoms with E-state index in [0.717, 1.165) is 5.56 Å². The number of anilines is 2. The van der Waals surface area contributed by atoms with Crippen LogP contribution >= 0.6 is 0 Å². The summed E-state index contributed by atoms with van der Waals surface area (Å²) in [5.41, 5.74) is 2.86. The van der Waals surface area contributed by atoms with Gasteiger partial charge in [0.05, 0.1) is 18.6 Å². The van der Waals surface area contributed by atoms with Crippen molar-refractivity contribution < 1.29 is 13.2 Å². The quantitative estimate of drug-likeness (QED) is 0.691. The minimum Gasteiger partial charge on any atom is -0.496 e. The van der Waals surface area contributed by atoms with E-state index in [1.807, 2.05) is 30.3 Å². The van der Waals surface area contributed by atoms with Gasteiger partial charge in [0.2, 0.25) is 10.0 Å². The Morgan fingerprint density at radius 2 is 1.88 bits per heavy atom. The Kier molecular flexibility index (Phi) is 5.15. The van der Waals surface area contributed by atoms with Crippen molar-refractivity contribution in [3.05, 3.63) is 66.5 Å². The molecule has 1 aromatic heterocycles. The monoisotopic (exact) mass is 370 g/mol. The number of hydrogen-bond acceptors (Lipinski definition) is 6. The van der Waals surface area contributed by atoms with Crippen molar-refractivity contribution >= 4 is 21.5 Å². The summed E-state index contributed by atoms with van der Waals surface area (Å²) in [6.07, 6.45) is 1.46. The Morgan fingerprint density at radius 3 is 2.65 bits per heavy atom. The summed E-state index contributed by atoms with van der Waals surface area (Å²) in [4.78, 5) is 8.51. The van der Waals surface area contributed by atoms with Crippen LogP contribution in [-0.4, -0.2) is 25.5 Å². The number of aromatic nitrogens is 2. The van der Waals surface area contributed by atoms with Crippen LogP contribution in [0.2, 0.25) is 0 Å². The number of methoxy groups -OCH3 is 1. The Labute approximate surface area is 151 Å². The van der Waals surface area contributed by atoms with Gasteiger partial charge in [-0.2, -0.15) is 0 Å². The van der Waals surface area contributed by atoms with Crippen LogP contribution in [0.25, 0.3) is 11.3 Å². The van der Waals surface area contributed by atoms with E-state index < -0.39 is 10.0 Å². The Morgan fingerprint density at radius 1 is 1.08 bits per heavy atom. The van der Waals surface area contributed by atoms with E-state index >= 15 is 0 Å². The molecule has 0 atom stereocenters. The van der Waals surface area contributed by atoms with Gasteiger partial charge in [0.25, 0.3) is 0 Å². The summed E-state index contributed by atoms with van der Waals surface area (Å²) < 4.78 is 27.9. The summed E-state index contributed by atoms with van der Waals surface area (Å²) in [6, 6.07) is 16.4. The van der Waals surface area contributed by atoms with Gasteiger partial charge in [-0.15, -0.1) is 0 Å². The van der Waals surface area contributed by atoms with E-state index in [4.69, 9.17) is 9.88 Å². The molecule has 0 fully saturated rings. The Balaban J connectivity index is 1.87. The van der Waals surface area contributed by atoms with E-state index in [1.54, 1.807) is 31.4 Å². The number of para-hydroxylation sites is 1. The average molecular weight is 370 g/mol. The summed E-state index contributed by atoms with van der Waals surface area (Å²) in [7, 11) is -1.98. The second-order valence-electron chi connectivity index (χ2n) is 5.62. The molecule has 0 saturated heterocycles. The zero-order chi connectivity index (χ0) is 18.6. The first-order valence-corrected chi connectivity index (χ1v) is 9.48. The van der Waals surface area contributed by atoms with Crippen LogP contribution in [0, 0.1) is 0 Å². The van der Waals surface area contributed by atoms with Crippen molar-refractivity contribution in [3.63, 3.8) is 0 Å². The summed E-state index contributed by atoms with van der Waals surface area (Å²) in [5.74, 6) is 1.07. The van der Waals surface area contributed by atoms with Crippen LogP contribution in [0.3, 0.4) is 0 Å².